The summed E-state index contributed by atoms with van der Waals surface area (Å²) in [7, 11) is 3.30. The van der Waals surface area contributed by atoms with Gasteiger partial charge in [0.05, 0.1) is 24.2 Å². The summed E-state index contributed by atoms with van der Waals surface area (Å²) in [5, 5.41) is 23.5. The van der Waals surface area contributed by atoms with Gasteiger partial charge in [0.2, 0.25) is 35.4 Å². The van der Waals surface area contributed by atoms with Crippen LogP contribution < -0.4 is 42.5 Å². The van der Waals surface area contributed by atoms with Crippen molar-refractivity contribution in [1.82, 2.24) is 47.0 Å². The molecule has 75 heavy (non-hydrogen) atoms. The molecular weight excluding hydrogens is 953 g/mol. The van der Waals surface area contributed by atoms with Gasteiger partial charge in [-0.15, -0.1) is 0 Å². The maximum atomic E-state index is 14.9. The first kappa shape index (κ1) is 56.1. The highest BCUT2D eigenvalue weighted by atomic mass is 16.2. The molecule has 2 heterocycles. The third-order valence-electron chi connectivity index (χ3n) is 15.4. The van der Waals surface area contributed by atoms with Crippen molar-refractivity contribution in [3.05, 3.63) is 100 Å². The lowest BCUT2D eigenvalue weighted by atomic mass is 9.83. The average Bonchev–Trinajstić information content (AvgIpc) is 3.81. The third kappa shape index (κ3) is 13.1. The van der Waals surface area contributed by atoms with Gasteiger partial charge in [0, 0.05) is 31.2 Å². The molecule has 18 nitrogen and oxygen atoms in total. The summed E-state index contributed by atoms with van der Waals surface area (Å²) in [4.78, 5) is 116. The number of hydrogen-bond donors (Lipinski definition) is 8. The summed E-state index contributed by atoms with van der Waals surface area (Å²) < 4.78 is 0. The number of hydrogen-bond acceptors (Lipinski definition) is 10. The van der Waals surface area contributed by atoms with Crippen LogP contribution in [0.5, 0.6) is 0 Å². The number of amides is 8. The average molecular weight is 1030 g/mol. The molecule has 8 N–H and O–H groups in total. The third-order valence-corrected chi connectivity index (χ3v) is 15.4. The number of likely N-dealkylation sites (tertiary alicyclic amines) is 1. The second-order valence-electron chi connectivity index (χ2n) is 23.0. The molecule has 4 aliphatic rings. The molecule has 0 aromatic heterocycles. The van der Waals surface area contributed by atoms with Crippen LogP contribution in [-0.2, 0) is 64.2 Å². The van der Waals surface area contributed by atoms with Gasteiger partial charge in [0.25, 0.3) is 0 Å². The zero-order valence-electron chi connectivity index (χ0n) is 45.3. The lowest BCUT2D eigenvalue weighted by Gasteiger charge is -2.42. The zero-order chi connectivity index (χ0) is 54.5. The number of carbonyl (C=O) groups excluding carboxylic acids is 8. The van der Waals surface area contributed by atoms with Crippen LogP contribution in [-0.4, -0.2) is 120 Å². The molecule has 1 fully saturated rings. The molecule has 7 rings (SSSR count). The molecule has 9 atom stereocenters. The molecule has 18 heteroatoms. The van der Waals surface area contributed by atoms with E-state index < -0.39 is 88.6 Å². The fraction of sp³-hybridized carbons (Fsp3) is 0.544. The molecule has 0 saturated carbocycles. The van der Waals surface area contributed by atoms with Gasteiger partial charge < -0.3 is 52.3 Å². The smallest absolute Gasteiger partial charge is 0.313 e. The predicted molar refractivity (Wildman–Crippen MR) is 286 cm³/mol. The minimum atomic E-state index is -1.03. The van der Waals surface area contributed by atoms with Crippen molar-refractivity contribution in [2.75, 3.05) is 26.0 Å². The molecule has 2 aliphatic heterocycles. The van der Waals surface area contributed by atoms with Gasteiger partial charge in [0.15, 0.2) is 0 Å². The molecule has 0 radical (unpaired) electrons. The Kier molecular flexibility index (Phi) is 17.6. The number of aryl methyl sites for hydroxylation is 2. The first-order valence-electron chi connectivity index (χ1n) is 26.5. The number of likely N-dealkylation sites (N-methyl/N-ethyl adjacent to an activating group) is 2. The predicted octanol–water partition coefficient (Wildman–Crippen LogP) is 3.63. The molecule has 2 aliphatic carbocycles. The molecule has 1 saturated heterocycles. The van der Waals surface area contributed by atoms with Crippen LogP contribution in [0.15, 0.2) is 66.7 Å². The van der Waals surface area contributed by atoms with Gasteiger partial charge in [-0.1, -0.05) is 96.1 Å². The monoisotopic (exact) mass is 1030 g/mol. The van der Waals surface area contributed by atoms with E-state index in [9.17, 15) is 38.4 Å². The quantitative estimate of drug-likeness (QED) is 0.109. The first-order chi connectivity index (χ1) is 35.5. The number of nitrogens with one attached hydrogen (secondary N) is 8. The summed E-state index contributed by atoms with van der Waals surface area (Å²) in [6, 6.07) is 14.6. The molecule has 3 aromatic carbocycles. The van der Waals surface area contributed by atoms with Crippen molar-refractivity contribution in [3.63, 3.8) is 0 Å². The van der Waals surface area contributed by atoms with Gasteiger partial charge in [-0.25, -0.2) is 0 Å². The molecular formula is C57H78N10O8. The molecule has 0 bridgehead atoms. The number of benzene rings is 3. The van der Waals surface area contributed by atoms with Crippen LogP contribution in [0.1, 0.15) is 133 Å². The summed E-state index contributed by atoms with van der Waals surface area (Å²) in [6.45, 7) is 14.3. The second kappa shape index (κ2) is 23.5. The summed E-state index contributed by atoms with van der Waals surface area (Å²) >= 11 is 0. The van der Waals surface area contributed by atoms with Crippen molar-refractivity contribution >= 4 is 52.9 Å². The Morgan fingerprint density at radius 1 is 0.573 bits per heavy atom. The Bertz CT molecular complexity index is 2660. The number of nitrogens with zero attached hydrogens (tertiary/aromatic N) is 2. The van der Waals surface area contributed by atoms with Crippen molar-refractivity contribution in [2.45, 2.75) is 168 Å². The number of anilines is 1. The largest absolute Gasteiger partial charge is 0.347 e. The van der Waals surface area contributed by atoms with E-state index in [1.807, 2.05) is 84.0 Å². The maximum Gasteiger partial charge on any atom is 0.313 e. The molecule has 404 valence electrons. The maximum absolute atomic E-state index is 14.9. The van der Waals surface area contributed by atoms with Crippen molar-refractivity contribution < 1.29 is 38.4 Å². The lowest BCUT2D eigenvalue weighted by molar-refractivity contribution is -0.147. The van der Waals surface area contributed by atoms with Gasteiger partial charge >= 0.3 is 11.8 Å². The van der Waals surface area contributed by atoms with E-state index in [0.717, 1.165) is 54.4 Å². The molecule has 3 aromatic rings. The highest BCUT2D eigenvalue weighted by Crippen LogP contribution is 2.35. The van der Waals surface area contributed by atoms with Crippen LogP contribution in [0, 0.1) is 10.8 Å². The fourth-order valence-electron chi connectivity index (χ4n) is 10.8. The zero-order valence-corrected chi connectivity index (χ0v) is 45.3. The van der Waals surface area contributed by atoms with E-state index >= 15 is 0 Å². The van der Waals surface area contributed by atoms with E-state index in [0.29, 0.717) is 12.0 Å². The normalized spacial score (nSPS) is 21.9. The van der Waals surface area contributed by atoms with E-state index in [1.165, 1.54) is 15.4 Å². The van der Waals surface area contributed by atoms with Crippen LogP contribution in [0.2, 0.25) is 0 Å². The highest BCUT2D eigenvalue weighted by Gasteiger charge is 2.47. The Morgan fingerprint density at radius 3 is 1.57 bits per heavy atom. The SMILES string of the molecule is CN[C@@H](C)C(=O)N[C@H](C(=O)N1Cc2cc(NC(=O)C(=O)N[C@H]3C[C@@H](C(=O)N[C@@H]4CCCc5ccccc54)N(C(=O)[C@@H](NC(=O)[C@H](C)NC)C(C)(C)C)C3)ccc2C[C@H]1C(=O)N[C@@H]1CCCc2ccccc21)C(C)(C)C. The Labute approximate surface area is 441 Å². The summed E-state index contributed by atoms with van der Waals surface area (Å²) in [5.74, 6) is -4.41. The Hall–Kier alpha value is -6.66. The topological polar surface area (TPSA) is 239 Å². The van der Waals surface area contributed by atoms with Crippen molar-refractivity contribution in [3.8, 4) is 0 Å². The van der Waals surface area contributed by atoms with Gasteiger partial charge in [0.1, 0.15) is 24.2 Å². The van der Waals surface area contributed by atoms with Crippen molar-refractivity contribution in [1.29, 1.82) is 0 Å². The minimum absolute atomic E-state index is 0.0112. The number of carbonyl (C=O) groups is 8. The van der Waals surface area contributed by atoms with Gasteiger partial charge in [-0.2, -0.15) is 0 Å². The Balaban J connectivity index is 1.10. The summed E-state index contributed by atoms with van der Waals surface area (Å²) in [6.07, 6.45) is 5.19. The number of rotatable bonds is 14. The first-order valence-corrected chi connectivity index (χ1v) is 26.5. The standard InChI is InChI=1S/C57H78N10O8/c1-32(58-9)48(68)64-46(56(3,4)5)54(74)66-30-37-27-38(26-25-36(37)28-44(66)50(70)62-42-23-15-19-34-17-11-13-21-40(34)42)60-52(72)53(73)61-39-29-45(51(71)63-43-24-16-20-35-18-12-14-22-41(35)43)67(31-39)55(75)47(57(6,7)8)65-49(69)33(2)59-10/h11-14,17-18,21-22,25-27,32-33,39,42-47,58-59H,15-16,19-20,23-24,28-31H2,1-10H3,(H,60,72)(H,61,73)(H,62,70)(H,63,71)(H,64,68)(H,65,69)/t32-,33-,39-,42+,43+,44-,45-,46+,47+/m0/s1. The fourth-order valence-corrected chi connectivity index (χ4v) is 10.8. The van der Waals surface area contributed by atoms with Crippen LogP contribution in [0.3, 0.4) is 0 Å². The summed E-state index contributed by atoms with van der Waals surface area (Å²) in [5.41, 5.74) is 4.54. The lowest BCUT2D eigenvalue weighted by Crippen LogP contribution is -2.62. The minimum Gasteiger partial charge on any atom is -0.347 e. The molecule has 0 unspecified atom stereocenters. The number of fused-ring (bicyclic) bond motifs is 3. The second-order valence-corrected chi connectivity index (χ2v) is 23.0. The van der Waals surface area contributed by atoms with Crippen LogP contribution in [0.4, 0.5) is 5.69 Å². The molecule has 0 spiro atoms. The van der Waals surface area contributed by atoms with E-state index in [4.69, 9.17) is 0 Å². The van der Waals surface area contributed by atoms with Crippen LogP contribution >= 0.6 is 0 Å². The van der Waals surface area contributed by atoms with E-state index in [1.54, 1.807) is 46.1 Å². The van der Waals surface area contributed by atoms with Gasteiger partial charge in [-0.3, -0.25) is 38.4 Å². The van der Waals surface area contributed by atoms with E-state index in [2.05, 4.69) is 48.6 Å². The van der Waals surface area contributed by atoms with Crippen LogP contribution in [0.25, 0.3) is 0 Å². The molecule has 8 amide bonds. The Morgan fingerprint density at radius 2 is 1.07 bits per heavy atom. The van der Waals surface area contributed by atoms with E-state index in [-0.39, 0.29) is 55.5 Å². The van der Waals surface area contributed by atoms with Crippen molar-refractivity contribution in [2.24, 2.45) is 10.8 Å². The highest BCUT2D eigenvalue weighted by molar-refractivity contribution is 6.39. The van der Waals surface area contributed by atoms with Gasteiger partial charge in [-0.05, 0) is 129 Å².